The Morgan fingerprint density at radius 2 is 1.40 bits per heavy atom. The summed E-state index contributed by atoms with van der Waals surface area (Å²) in [6, 6.07) is 28.2. The Morgan fingerprint density at radius 3 is 2.04 bits per heavy atom. The van der Waals surface area contributed by atoms with Crippen LogP contribution in [0.15, 0.2) is 104 Å². The highest BCUT2D eigenvalue weighted by Crippen LogP contribution is 2.41. The predicted molar refractivity (Wildman–Crippen MR) is 186 cm³/mol. The lowest BCUT2D eigenvalue weighted by atomic mass is 9.91. The van der Waals surface area contributed by atoms with Gasteiger partial charge in [-0.05, 0) is 82.8 Å². The second kappa shape index (κ2) is 13.9. The second-order valence-corrected chi connectivity index (χ2v) is 11.9. The average molecular weight is 640 g/mol. The molecule has 0 aliphatic carbocycles. The summed E-state index contributed by atoms with van der Waals surface area (Å²) in [5.74, 6) is 1.81. The van der Waals surface area contributed by atoms with E-state index in [0.717, 1.165) is 51.1 Å². The molecule has 2 fully saturated rings. The molecule has 6 rings (SSSR count). The number of hydrogen-bond donors (Lipinski definition) is 0. The van der Waals surface area contributed by atoms with Crippen molar-refractivity contribution in [3.63, 3.8) is 0 Å². The van der Waals surface area contributed by atoms with Crippen molar-refractivity contribution in [3.05, 3.63) is 115 Å². The van der Waals surface area contributed by atoms with E-state index in [-0.39, 0.29) is 24.0 Å². The minimum atomic E-state index is -0.161. The molecule has 0 aromatic heterocycles. The van der Waals surface area contributed by atoms with Crippen LogP contribution >= 0.6 is 0 Å². The first-order chi connectivity index (χ1) is 23.3. The van der Waals surface area contributed by atoms with Crippen LogP contribution in [-0.2, 0) is 16.0 Å². The van der Waals surface area contributed by atoms with Crippen molar-refractivity contribution >= 4 is 11.8 Å². The molecule has 2 heterocycles. The number of amides is 2. The Morgan fingerprint density at radius 1 is 0.771 bits per heavy atom. The first-order valence-electron chi connectivity index (χ1n) is 16.0. The molecule has 4 aromatic carbocycles. The van der Waals surface area contributed by atoms with Crippen molar-refractivity contribution < 1.29 is 23.8 Å². The van der Waals surface area contributed by atoms with Gasteiger partial charge < -0.3 is 24.0 Å². The zero-order valence-corrected chi connectivity index (χ0v) is 27.1. The summed E-state index contributed by atoms with van der Waals surface area (Å²) in [5.41, 5.74) is 7.21. The lowest BCUT2D eigenvalue weighted by Gasteiger charge is -2.38. The van der Waals surface area contributed by atoms with Gasteiger partial charge in [-0.2, -0.15) is 5.26 Å². The van der Waals surface area contributed by atoms with Crippen LogP contribution < -0.4 is 14.2 Å². The molecule has 0 bridgehead atoms. The van der Waals surface area contributed by atoms with E-state index in [0.29, 0.717) is 43.2 Å². The molecule has 0 atom stereocenters. The Hall–Kier alpha value is -5.81. The van der Waals surface area contributed by atoms with Crippen LogP contribution in [0.25, 0.3) is 33.4 Å². The van der Waals surface area contributed by atoms with E-state index in [1.807, 2.05) is 42.5 Å². The van der Waals surface area contributed by atoms with E-state index >= 15 is 0 Å². The summed E-state index contributed by atoms with van der Waals surface area (Å²) in [6.45, 7) is 11.2. The van der Waals surface area contributed by atoms with Gasteiger partial charge in [0.15, 0.2) is 0 Å². The van der Waals surface area contributed by atoms with Gasteiger partial charge in [-0.3, -0.25) is 9.59 Å². The molecule has 0 unspecified atom stereocenters. The van der Waals surface area contributed by atoms with Gasteiger partial charge in [0.1, 0.15) is 29.5 Å². The van der Waals surface area contributed by atoms with E-state index in [9.17, 15) is 14.9 Å². The number of benzene rings is 4. The number of para-hydroxylation sites is 1. The average Bonchev–Trinajstić information content (AvgIpc) is 3.09. The van der Waals surface area contributed by atoms with E-state index in [4.69, 9.17) is 14.2 Å². The molecule has 2 saturated heterocycles. The number of methoxy groups -OCH3 is 1. The van der Waals surface area contributed by atoms with Gasteiger partial charge in [-0.1, -0.05) is 62.5 Å². The van der Waals surface area contributed by atoms with Gasteiger partial charge in [0.2, 0.25) is 11.8 Å². The smallest absolute Gasteiger partial charge is 0.246 e. The Balaban J connectivity index is 1.36. The zero-order chi connectivity index (χ0) is 33.8. The fourth-order valence-electron chi connectivity index (χ4n) is 6.13. The number of nitriles is 1. The van der Waals surface area contributed by atoms with Crippen molar-refractivity contribution in [1.82, 2.24) is 9.80 Å². The molecule has 0 saturated carbocycles. The lowest BCUT2D eigenvalue weighted by Crippen LogP contribution is -2.55. The van der Waals surface area contributed by atoms with Gasteiger partial charge in [0, 0.05) is 11.1 Å². The van der Waals surface area contributed by atoms with Gasteiger partial charge in [-0.15, -0.1) is 0 Å². The van der Waals surface area contributed by atoms with Crippen molar-refractivity contribution in [1.29, 1.82) is 5.26 Å². The summed E-state index contributed by atoms with van der Waals surface area (Å²) in [4.78, 5) is 27.4. The summed E-state index contributed by atoms with van der Waals surface area (Å²) < 4.78 is 18.4. The third-order valence-corrected chi connectivity index (χ3v) is 8.81. The van der Waals surface area contributed by atoms with Crippen LogP contribution in [0.1, 0.15) is 18.1 Å². The fourth-order valence-corrected chi connectivity index (χ4v) is 6.13. The SMILES string of the molecule is C=CC(=O)N1CC(Oc2cc(C#N)cc(-c3cc(-c4ccc(-c5ccccc5OC)cc4OC4CN(C(=O)C=C)C4)ccc3CC)c2)C1. The van der Waals surface area contributed by atoms with Crippen molar-refractivity contribution in [2.75, 3.05) is 33.3 Å². The maximum absolute atomic E-state index is 12.1. The van der Waals surface area contributed by atoms with Crippen LogP contribution in [0.3, 0.4) is 0 Å². The maximum atomic E-state index is 12.1. The third-order valence-electron chi connectivity index (χ3n) is 8.81. The maximum Gasteiger partial charge on any atom is 0.246 e. The molecule has 8 nitrogen and oxygen atoms in total. The molecule has 8 heteroatoms. The monoisotopic (exact) mass is 639 g/mol. The van der Waals surface area contributed by atoms with Gasteiger partial charge in [0.05, 0.1) is 44.9 Å². The van der Waals surface area contributed by atoms with Crippen LogP contribution in [0.5, 0.6) is 17.2 Å². The number of carbonyl (C=O) groups excluding carboxylic acids is 2. The largest absolute Gasteiger partial charge is 0.496 e. The number of nitrogens with zero attached hydrogens (tertiary/aromatic N) is 3. The number of likely N-dealkylation sites (tertiary alicyclic amines) is 2. The van der Waals surface area contributed by atoms with Crippen LogP contribution in [0.4, 0.5) is 0 Å². The number of hydrogen-bond acceptors (Lipinski definition) is 6. The molecular weight excluding hydrogens is 602 g/mol. The Bertz CT molecular complexity index is 1930. The highest BCUT2D eigenvalue weighted by atomic mass is 16.5. The first kappa shape index (κ1) is 32.1. The molecule has 0 spiro atoms. The zero-order valence-electron chi connectivity index (χ0n) is 27.1. The van der Waals surface area contributed by atoms with E-state index < -0.39 is 0 Å². The Kier molecular flexibility index (Phi) is 9.31. The normalized spacial score (nSPS) is 14.3. The molecule has 0 N–H and O–H groups in total. The number of aryl methyl sites for hydroxylation is 1. The summed E-state index contributed by atoms with van der Waals surface area (Å²) in [5, 5.41) is 9.89. The molecular formula is C40H37N3O5. The first-order valence-corrected chi connectivity index (χ1v) is 16.0. The third kappa shape index (κ3) is 6.53. The van der Waals surface area contributed by atoms with Crippen molar-refractivity contribution in [2.45, 2.75) is 25.6 Å². The molecule has 48 heavy (non-hydrogen) atoms. The summed E-state index contributed by atoms with van der Waals surface area (Å²) in [6.07, 6.45) is 3.10. The van der Waals surface area contributed by atoms with Gasteiger partial charge in [0.25, 0.3) is 0 Å². The van der Waals surface area contributed by atoms with Crippen LogP contribution in [0, 0.1) is 11.3 Å². The second-order valence-electron chi connectivity index (χ2n) is 11.9. The highest BCUT2D eigenvalue weighted by Gasteiger charge is 2.32. The summed E-state index contributed by atoms with van der Waals surface area (Å²) >= 11 is 0. The molecule has 2 aliphatic rings. The topological polar surface area (TPSA) is 92.1 Å². The van der Waals surface area contributed by atoms with Crippen LogP contribution in [-0.4, -0.2) is 67.1 Å². The fraction of sp³-hybridized carbons (Fsp3) is 0.225. The minimum absolute atomic E-state index is 0.111. The van der Waals surface area contributed by atoms with E-state index in [2.05, 4.69) is 56.5 Å². The highest BCUT2D eigenvalue weighted by molar-refractivity contribution is 5.88. The Labute approximate surface area is 281 Å². The van der Waals surface area contributed by atoms with Gasteiger partial charge in [-0.25, -0.2) is 0 Å². The van der Waals surface area contributed by atoms with E-state index in [1.165, 1.54) is 12.2 Å². The molecule has 242 valence electrons. The van der Waals surface area contributed by atoms with E-state index in [1.54, 1.807) is 23.0 Å². The number of rotatable bonds is 11. The van der Waals surface area contributed by atoms with Crippen molar-refractivity contribution in [3.8, 4) is 56.7 Å². The number of carbonyl (C=O) groups is 2. The molecule has 4 aromatic rings. The quantitative estimate of drug-likeness (QED) is 0.170. The van der Waals surface area contributed by atoms with Crippen LogP contribution in [0.2, 0.25) is 0 Å². The minimum Gasteiger partial charge on any atom is -0.496 e. The van der Waals surface area contributed by atoms with Gasteiger partial charge >= 0.3 is 0 Å². The standard InChI is InChI=1S/C40H37N3O5/c1-5-27-12-13-28(19-36(27)30-16-26(21-41)17-31(18-30)47-32-22-42(23-32)39(44)6-2)35-15-14-29(34-10-8-9-11-37(34)46-4)20-38(35)48-33-24-43(25-33)40(45)7-3/h6-20,32-33H,2-3,5,22-25H2,1,4H3. The molecule has 0 radical (unpaired) electrons. The molecule has 2 amide bonds. The predicted octanol–water partition coefficient (Wildman–Crippen LogP) is 6.68. The summed E-state index contributed by atoms with van der Waals surface area (Å²) in [7, 11) is 1.66. The lowest BCUT2D eigenvalue weighted by molar-refractivity contribution is -0.135. The molecule has 2 aliphatic heterocycles. The number of ether oxygens (including phenoxy) is 3. The van der Waals surface area contributed by atoms with Crippen molar-refractivity contribution in [2.24, 2.45) is 0 Å².